The summed E-state index contributed by atoms with van der Waals surface area (Å²) in [6.45, 7) is 4.38. The van der Waals surface area contributed by atoms with E-state index in [-0.39, 0.29) is 11.7 Å². The standard InChI is InChI=1S/C18H19FN2OS/c1-14(13-15-5-4-12-23-15)18(22)21-10-8-20(9-11-21)17-7-3-2-6-16(17)19/h2-7,12-13H,8-11H2,1H3/b14-13+. The van der Waals surface area contributed by atoms with Crippen LogP contribution >= 0.6 is 11.3 Å². The fraction of sp³-hybridized carbons (Fsp3) is 0.278. The van der Waals surface area contributed by atoms with Gasteiger partial charge in [0.1, 0.15) is 5.82 Å². The minimum atomic E-state index is -0.207. The van der Waals surface area contributed by atoms with E-state index in [9.17, 15) is 9.18 Å². The van der Waals surface area contributed by atoms with Gasteiger partial charge in [0.05, 0.1) is 5.69 Å². The van der Waals surface area contributed by atoms with Crippen LogP contribution in [0.5, 0.6) is 0 Å². The fourth-order valence-corrected chi connectivity index (χ4v) is 3.47. The van der Waals surface area contributed by atoms with Crippen LogP contribution in [0.25, 0.3) is 6.08 Å². The molecular formula is C18H19FN2OS. The monoisotopic (exact) mass is 330 g/mol. The molecule has 0 N–H and O–H groups in total. The molecule has 0 saturated carbocycles. The van der Waals surface area contributed by atoms with Crippen molar-refractivity contribution in [2.45, 2.75) is 6.92 Å². The zero-order chi connectivity index (χ0) is 16.2. The molecule has 2 heterocycles. The van der Waals surface area contributed by atoms with Crippen molar-refractivity contribution in [3.05, 3.63) is 58.0 Å². The van der Waals surface area contributed by atoms with Crippen molar-refractivity contribution in [2.75, 3.05) is 31.1 Å². The molecule has 0 unspecified atom stereocenters. The van der Waals surface area contributed by atoms with Crippen LogP contribution in [0.1, 0.15) is 11.8 Å². The van der Waals surface area contributed by atoms with Gasteiger partial charge in [0.2, 0.25) is 5.91 Å². The molecule has 0 radical (unpaired) electrons. The van der Waals surface area contributed by atoms with Crippen LogP contribution in [0.15, 0.2) is 47.4 Å². The van der Waals surface area contributed by atoms with Crippen LogP contribution in [0, 0.1) is 5.82 Å². The molecule has 1 fully saturated rings. The number of carbonyl (C=O) groups excluding carboxylic acids is 1. The molecule has 0 spiro atoms. The maximum Gasteiger partial charge on any atom is 0.249 e. The Bertz CT molecular complexity index is 704. The lowest BCUT2D eigenvalue weighted by Gasteiger charge is -2.36. The number of halogens is 1. The van der Waals surface area contributed by atoms with E-state index in [0.717, 1.165) is 10.5 Å². The third-order valence-electron chi connectivity index (χ3n) is 4.00. The molecule has 1 saturated heterocycles. The molecule has 5 heteroatoms. The highest BCUT2D eigenvalue weighted by atomic mass is 32.1. The summed E-state index contributed by atoms with van der Waals surface area (Å²) in [6, 6.07) is 10.8. The maximum atomic E-state index is 13.8. The summed E-state index contributed by atoms with van der Waals surface area (Å²) in [4.78, 5) is 17.4. The first-order valence-electron chi connectivity index (χ1n) is 7.66. The van der Waals surface area contributed by atoms with Crippen LogP contribution in [-0.2, 0) is 4.79 Å². The minimum Gasteiger partial charge on any atom is -0.366 e. The van der Waals surface area contributed by atoms with E-state index in [2.05, 4.69) is 0 Å². The normalized spacial score (nSPS) is 15.8. The number of para-hydroxylation sites is 1. The number of piperazine rings is 1. The molecule has 0 bridgehead atoms. The van der Waals surface area contributed by atoms with Crippen molar-refractivity contribution in [1.82, 2.24) is 4.90 Å². The van der Waals surface area contributed by atoms with Crippen molar-refractivity contribution in [2.24, 2.45) is 0 Å². The second kappa shape index (κ2) is 6.96. The Kier molecular flexibility index (Phi) is 4.76. The lowest BCUT2D eigenvalue weighted by atomic mass is 10.2. The van der Waals surface area contributed by atoms with E-state index in [1.54, 1.807) is 23.5 Å². The Morgan fingerprint density at radius 1 is 1.13 bits per heavy atom. The van der Waals surface area contributed by atoms with Gasteiger partial charge in [0, 0.05) is 36.6 Å². The second-order valence-corrected chi connectivity index (χ2v) is 6.55. The van der Waals surface area contributed by atoms with Gasteiger partial charge < -0.3 is 9.80 Å². The summed E-state index contributed by atoms with van der Waals surface area (Å²) in [7, 11) is 0. The largest absolute Gasteiger partial charge is 0.366 e. The third-order valence-corrected chi connectivity index (χ3v) is 4.82. The van der Waals surface area contributed by atoms with Crippen molar-refractivity contribution in [3.8, 4) is 0 Å². The first kappa shape index (κ1) is 15.7. The molecule has 3 nitrogen and oxygen atoms in total. The van der Waals surface area contributed by atoms with Crippen molar-refractivity contribution < 1.29 is 9.18 Å². The van der Waals surface area contributed by atoms with Gasteiger partial charge >= 0.3 is 0 Å². The van der Waals surface area contributed by atoms with Crippen LogP contribution < -0.4 is 4.90 Å². The van der Waals surface area contributed by atoms with Gasteiger partial charge in [-0.1, -0.05) is 18.2 Å². The summed E-state index contributed by atoms with van der Waals surface area (Å²) < 4.78 is 13.8. The van der Waals surface area contributed by atoms with Crippen molar-refractivity contribution in [1.29, 1.82) is 0 Å². The van der Waals surface area contributed by atoms with E-state index in [0.29, 0.717) is 31.9 Å². The Hall–Kier alpha value is -2.14. The number of hydrogen-bond donors (Lipinski definition) is 0. The minimum absolute atomic E-state index is 0.0617. The number of amides is 1. The topological polar surface area (TPSA) is 23.6 Å². The summed E-state index contributed by atoms with van der Waals surface area (Å²) in [5.74, 6) is -0.146. The van der Waals surface area contributed by atoms with E-state index in [1.165, 1.54) is 6.07 Å². The second-order valence-electron chi connectivity index (χ2n) is 5.57. The number of thiophene rings is 1. The highest BCUT2D eigenvalue weighted by Crippen LogP contribution is 2.21. The summed E-state index contributed by atoms with van der Waals surface area (Å²) in [5, 5.41) is 2.00. The quantitative estimate of drug-likeness (QED) is 0.802. The summed E-state index contributed by atoms with van der Waals surface area (Å²) >= 11 is 1.62. The van der Waals surface area contributed by atoms with Gasteiger partial charge in [0.25, 0.3) is 0 Å². The molecule has 2 aromatic rings. The number of benzene rings is 1. The Balaban J connectivity index is 1.63. The van der Waals surface area contributed by atoms with Gasteiger partial charge in [-0.05, 0) is 36.6 Å². The molecule has 1 aliphatic rings. The van der Waals surface area contributed by atoms with Gasteiger partial charge in [-0.2, -0.15) is 0 Å². The molecule has 1 aliphatic heterocycles. The third kappa shape index (κ3) is 3.62. The molecule has 23 heavy (non-hydrogen) atoms. The van der Waals surface area contributed by atoms with Crippen molar-refractivity contribution >= 4 is 29.0 Å². The first-order chi connectivity index (χ1) is 11.1. The molecule has 1 amide bonds. The Morgan fingerprint density at radius 2 is 1.87 bits per heavy atom. The predicted octanol–water partition coefficient (Wildman–Crippen LogP) is 3.64. The molecular weight excluding hydrogens is 311 g/mol. The Morgan fingerprint density at radius 3 is 2.52 bits per heavy atom. The predicted molar refractivity (Wildman–Crippen MR) is 93.2 cm³/mol. The van der Waals surface area contributed by atoms with Crippen LogP contribution in [0.4, 0.5) is 10.1 Å². The molecule has 120 valence electrons. The van der Waals surface area contributed by atoms with E-state index < -0.39 is 0 Å². The first-order valence-corrected chi connectivity index (χ1v) is 8.53. The van der Waals surface area contributed by atoms with Gasteiger partial charge in [-0.3, -0.25) is 4.79 Å². The highest BCUT2D eigenvalue weighted by molar-refractivity contribution is 7.10. The molecule has 0 atom stereocenters. The van der Waals surface area contributed by atoms with E-state index in [1.807, 2.05) is 46.4 Å². The average molecular weight is 330 g/mol. The average Bonchev–Trinajstić information content (AvgIpc) is 3.08. The zero-order valence-corrected chi connectivity index (χ0v) is 13.9. The van der Waals surface area contributed by atoms with Gasteiger partial charge in [0.15, 0.2) is 0 Å². The highest BCUT2D eigenvalue weighted by Gasteiger charge is 2.23. The number of rotatable bonds is 3. The lowest BCUT2D eigenvalue weighted by molar-refractivity contribution is -0.127. The van der Waals surface area contributed by atoms with E-state index in [4.69, 9.17) is 0 Å². The zero-order valence-electron chi connectivity index (χ0n) is 13.0. The van der Waals surface area contributed by atoms with Gasteiger partial charge in [-0.15, -0.1) is 11.3 Å². The Labute approximate surface area is 139 Å². The molecule has 1 aromatic carbocycles. The number of hydrogen-bond acceptors (Lipinski definition) is 3. The van der Waals surface area contributed by atoms with Crippen LogP contribution in [0.3, 0.4) is 0 Å². The smallest absolute Gasteiger partial charge is 0.249 e. The summed E-state index contributed by atoms with van der Waals surface area (Å²) in [6.07, 6.45) is 1.93. The van der Waals surface area contributed by atoms with E-state index >= 15 is 0 Å². The SMILES string of the molecule is C/C(=C\c1cccs1)C(=O)N1CCN(c2ccccc2F)CC1. The lowest BCUT2D eigenvalue weighted by Crippen LogP contribution is -2.49. The fourth-order valence-electron chi connectivity index (χ4n) is 2.76. The number of anilines is 1. The van der Waals surface area contributed by atoms with Gasteiger partial charge in [-0.25, -0.2) is 4.39 Å². The number of nitrogens with zero attached hydrogens (tertiary/aromatic N) is 2. The van der Waals surface area contributed by atoms with Crippen LogP contribution in [0.2, 0.25) is 0 Å². The molecule has 3 rings (SSSR count). The summed E-state index contributed by atoms with van der Waals surface area (Å²) in [5.41, 5.74) is 1.36. The molecule has 1 aromatic heterocycles. The number of carbonyl (C=O) groups is 1. The maximum absolute atomic E-state index is 13.8. The van der Waals surface area contributed by atoms with Crippen LogP contribution in [-0.4, -0.2) is 37.0 Å². The van der Waals surface area contributed by atoms with Crippen molar-refractivity contribution in [3.63, 3.8) is 0 Å². The molecule has 0 aliphatic carbocycles.